The smallest absolute Gasteiger partial charge is 0.267 e. The molecule has 2 bridgehead atoms. The van der Waals surface area contributed by atoms with E-state index in [1.165, 1.54) is 6.07 Å². The zero-order valence-electron chi connectivity index (χ0n) is 14.7. The number of hydrogen-bond acceptors (Lipinski definition) is 2. The number of amides is 2. The van der Waals surface area contributed by atoms with Crippen LogP contribution >= 0.6 is 0 Å². The highest BCUT2D eigenvalue weighted by Gasteiger charge is 2.44. The number of fused-ring (bicyclic) bond motifs is 2. The molecule has 0 spiro atoms. The Morgan fingerprint density at radius 3 is 2.50 bits per heavy atom. The molecule has 2 aromatic rings. The van der Waals surface area contributed by atoms with Crippen LogP contribution < -0.4 is 5.32 Å². The van der Waals surface area contributed by atoms with Crippen LogP contribution in [-0.2, 0) is 0 Å². The predicted molar refractivity (Wildman–Crippen MR) is 95.3 cm³/mol. The SMILES string of the molecule is Cc1cccc(F)c1C(=O)N1C[C@H]2CC[C@@H](C1)C2NC(=O)c1ccc[nH]1. The van der Waals surface area contributed by atoms with Crippen molar-refractivity contribution < 1.29 is 14.0 Å². The van der Waals surface area contributed by atoms with Crippen LogP contribution in [0.1, 0.15) is 39.3 Å². The quantitative estimate of drug-likeness (QED) is 0.889. The fourth-order valence-corrected chi connectivity index (χ4v) is 4.39. The minimum Gasteiger partial charge on any atom is -0.357 e. The maximum absolute atomic E-state index is 14.2. The summed E-state index contributed by atoms with van der Waals surface area (Å²) >= 11 is 0. The molecule has 2 fully saturated rings. The van der Waals surface area contributed by atoms with Gasteiger partial charge in [0.2, 0.25) is 0 Å². The third-order valence-corrected chi connectivity index (χ3v) is 5.70. The van der Waals surface area contributed by atoms with E-state index in [1.54, 1.807) is 42.3 Å². The number of aryl methyl sites for hydroxylation is 1. The summed E-state index contributed by atoms with van der Waals surface area (Å²) in [5.41, 5.74) is 1.37. The number of carbonyl (C=O) groups excluding carboxylic acids is 2. The first kappa shape index (κ1) is 16.8. The Balaban J connectivity index is 1.48. The van der Waals surface area contributed by atoms with Gasteiger partial charge in [-0.2, -0.15) is 0 Å². The lowest BCUT2D eigenvalue weighted by Crippen LogP contribution is -2.54. The molecule has 1 aliphatic carbocycles. The lowest BCUT2D eigenvalue weighted by Gasteiger charge is -2.38. The highest BCUT2D eigenvalue weighted by atomic mass is 19.1. The van der Waals surface area contributed by atoms with Crippen LogP contribution in [0.15, 0.2) is 36.5 Å². The van der Waals surface area contributed by atoms with Crippen LogP contribution in [-0.4, -0.2) is 40.8 Å². The molecular weight excluding hydrogens is 333 g/mol. The van der Waals surface area contributed by atoms with Crippen molar-refractivity contribution in [2.45, 2.75) is 25.8 Å². The number of nitrogens with zero attached hydrogens (tertiary/aromatic N) is 1. The standard InChI is InChI=1S/C20H22FN3O2/c1-12-4-2-5-15(21)17(12)20(26)24-10-13-7-8-14(11-24)18(13)23-19(25)16-6-3-9-22-16/h2-6,9,13-14,18,22H,7-8,10-11H2,1H3,(H,23,25)/t13-,14+,18?. The fraction of sp³-hybridized carbons (Fsp3) is 0.400. The number of rotatable bonds is 3. The van der Waals surface area contributed by atoms with Crippen molar-refractivity contribution in [2.24, 2.45) is 11.8 Å². The summed E-state index contributed by atoms with van der Waals surface area (Å²) in [5.74, 6) is -0.398. The number of benzene rings is 1. The van der Waals surface area contributed by atoms with Crippen LogP contribution in [0.2, 0.25) is 0 Å². The number of hydrogen-bond donors (Lipinski definition) is 2. The molecule has 1 aromatic heterocycles. The Bertz CT molecular complexity index is 799. The lowest BCUT2D eigenvalue weighted by molar-refractivity contribution is 0.0593. The van der Waals surface area contributed by atoms with E-state index >= 15 is 0 Å². The molecule has 2 aliphatic rings. The van der Waals surface area contributed by atoms with Crippen molar-refractivity contribution in [2.75, 3.05) is 13.1 Å². The van der Waals surface area contributed by atoms with Crippen LogP contribution in [0.3, 0.4) is 0 Å². The van der Waals surface area contributed by atoms with Gasteiger partial charge in [0.1, 0.15) is 11.5 Å². The molecule has 6 heteroatoms. The number of likely N-dealkylation sites (tertiary alicyclic amines) is 1. The maximum Gasteiger partial charge on any atom is 0.267 e. The minimum atomic E-state index is -0.468. The van der Waals surface area contributed by atoms with Gasteiger partial charge in [-0.3, -0.25) is 9.59 Å². The largest absolute Gasteiger partial charge is 0.357 e. The second-order valence-corrected chi connectivity index (χ2v) is 7.32. The fourth-order valence-electron chi connectivity index (χ4n) is 4.39. The first-order valence-electron chi connectivity index (χ1n) is 9.03. The molecule has 2 heterocycles. The number of halogens is 1. The zero-order chi connectivity index (χ0) is 18.3. The van der Waals surface area contributed by atoms with Crippen molar-refractivity contribution in [1.82, 2.24) is 15.2 Å². The van der Waals surface area contributed by atoms with E-state index in [1.807, 2.05) is 0 Å². The van der Waals surface area contributed by atoms with Gasteiger partial charge in [0.15, 0.2) is 0 Å². The minimum absolute atomic E-state index is 0.0663. The van der Waals surface area contributed by atoms with Gasteiger partial charge in [-0.25, -0.2) is 4.39 Å². The summed E-state index contributed by atoms with van der Waals surface area (Å²) in [7, 11) is 0. The third kappa shape index (κ3) is 2.89. The molecule has 1 aromatic carbocycles. The predicted octanol–water partition coefficient (Wildman–Crippen LogP) is 2.74. The van der Waals surface area contributed by atoms with Crippen molar-refractivity contribution >= 4 is 11.8 Å². The van der Waals surface area contributed by atoms with Crippen LogP contribution in [0.5, 0.6) is 0 Å². The zero-order valence-corrected chi connectivity index (χ0v) is 14.7. The summed E-state index contributed by atoms with van der Waals surface area (Å²) in [6, 6.07) is 8.31. The highest BCUT2D eigenvalue weighted by molar-refractivity contribution is 5.96. The average Bonchev–Trinajstić information content (AvgIpc) is 3.21. The number of aromatic amines is 1. The molecule has 5 nitrogen and oxygen atoms in total. The Labute approximate surface area is 151 Å². The normalized spacial score (nSPS) is 24.5. The van der Waals surface area contributed by atoms with E-state index in [9.17, 15) is 14.0 Å². The van der Waals surface area contributed by atoms with Crippen molar-refractivity contribution in [3.05, 3.63) is 59.2 Å². The molecule has 2 amide bonds. The second kappa shape index (κ2) is 6.59. The van der Waals surface area contributed by atoms with Gasteiger partial charge < -0.3 is 15.2 Å². The van der Waals surface area contributed by atoms with E-state index in [4.69, 9.17) is 0 Å². The molecule has 1 unspecified atom stereocenters. The molecule has 136 valence electrons. The van der Waals surface area contributed by atoms with E-state index in [2.05, 4.69) is 10.3 Å². The van der Waals surface area contributed by atoms with Gasteiger partial charge in [0, 0.05) is 25.3 Å². The number of piperidine rings is 1. The Morgan fingerprint density at radius 1 is 1.15 bits per heavy atom. The first-order chi connectivity index (χ1) is 12.5. The Hall–Kier alpha value is -2.63. The van der Waals surface area contributed by atoms with Crippen molar-refractivity contribution in [1.29, 1.82) is 0 Å². The van der Waals surface area contributed by atoms with Gasteiger partial charge >= 0.3 is 0 Å². The molecule has 26 heavy (non-hydrogen) atoms. The Morgan fingerprint density at radius 2 is 1.88 bits per heavy atom. The third-order valence-electron chi connectivity index (χ3n) is 5.70. The second-order valence-electron chi connectivity index (χ2n) is 7.32. The number of H-pyrrole nitrogens is 1. The van der Waals surface area contributed by atoms with Gasteiger partial charge in [-0.15, -0.1) is 0 Å². The Kier molecular flexibility index (Phi) is 4.26. The summed E-state index contributed by atoms with van der Waals surface area (Å²) in [5, 5.41) is 3.12. The molecule has 1 saturated carbocycles. The van der Waals surface area contributed by atoms with Crippen LogP contribution in [0, 0.1) is 24.6 Å². The van der Waals surface area contributed by atoms with Crippen LogP contribution in [0.4, 0.5) is 4.39 Å². The topological polar surface area (TPSA) is 65.2 Å². The van der Waals surface area contributed by atoms with Gasteiger partial charge in [0.05, 0.1) is 5.56 Å². The number of carbonyl (C=O) groups is 2. The molecule has 4 rings (SSSR count). The van der Waals surface area contributed by atoms with E-state index in [0.717, 1.165) is 12.8 Å². The summed E-state index contributed by atoms with van der Waals surface area (Å²) < 4.78 is 14.2. The van der Waals surface area contributed by atoms with E-state index in [-0.39, 0.29) is 35.3 Å². The molecule has 2 N–H and O–H groups in total. The van der Waals surface area contributed by atoms with Gasteiger partial charge in [-0.05, 0) is 55.4 Å². The molecule has 3 atom stereocenters. The number of nitrogens with one attached hydrogen (secondary N) is 2. The average molecular weight is 355 g/mol. The molecule has 1 saturated heterocycles. The summed E-state index contributed by atoms with van der Waals surface area (Å²) in [6.07, 6.45) is 3.67. The summed E-state index contributed by atoms with van der Waals surface area (Å²) in [6.45, 7) is 2.87. The van der Waals surface area contributed by atoms with Gasteiger partial charge in [-0.1, -0.05) is 12.1 Å². The molecular formula is C20H22FN3O2. The highest BCUT2D eigenvalue weighted by Crippen LogP contribution is 2.37. The van der Waals surface area contributed by atoms with Gasteiger partial charge in [0.25, 0.3) is 11.8 Å². The molecule has 0 radical (unpaired) electrons. The summed E-state index contributed by atoms with van der Waals surface area (Å²) in [4.78, 5) is 29.9. The first-order valence-corrected chi connectivity index (χ1v) is 9.03. The van der Waals surface area contributed by atoms with Crippen LogP contribution in [0.25, 0.3) is 0 Å². The van der Waals surface area contributed by atoms with E-state index < -0.39 is 5.82 Å². The van der Waals surface area contributed by atoms with Crippen molar-refractivity contribution in [3.63, 3.8) is 0 Å². The monoisotopic (exact) mass is 355 g/mol. The lowest BCUT2D eigenvalue weighted by atomic mass is 9.91. The van der Waals surface area contributed by atoms with Crippen molar-refractivity contribution in [3.8, 4) is 0 Å². The van der Waals surface area contributed by atoms with E-state index in [0.29, 0.717) is 24.3 Å². The number of aromatic nitrogens is 1. The molecule has 1 aliphatic heterocycles. The maximum atomic E-state index is 14.2.